The molecule has 0 aromatic heterocycles. The molecule has 0 heterocycles. The van der Waals surface area contributed by atoms with Gasteiger partial charge in [0.05, 0.1) is 21.4 Å². The van der Waals surface area contributed by atoms with Crippen LogP contribution in [0.1, 0.15) is 11.1 Å². The molecule has 0 aliphatic rings. The molecule has 0 saturated carbocycles. The summed E-state index contributed by atoms with van der Waals surface area (Å²) in [6.45, 7) is 0. The summed E-state index contributed by atoms with van der Waals surface area (Å²) in [4.78, 5) is 8.80. The van der Waals surface area contributed by atoms with Crippen LogP contribution in [-0.2, 0) is 11.5 Å². The normalized spacial score (nSPS) is 12.2. The average Bonchev–Trinajstić information content (AvgIpc) is 2.76. The van der Waals surface area contributed by atoms with Gasteiger partial charge in [0.15, 0.2) is 10.3 Å². The second kappa shape index (κ2) is 12.1. The number of aliphatic imine (C=N–C) groups is 2. The van der Waals surface area contributed by atoms with E-state index in [1.807, 2.05) is 12.1 Å². The number of rotatable bonds is 6. The van der Waals surface area contributed by atoms with Gasteiger partial charge in [-0.25, -0.2) is 9.98 Å². The van der Waals surface area contributed by atoms with E-state index >= 15 is 0 Å². The molecule has 0 fully saturated rings. The van der Waals surface area contributed by atoms with Gasteiger partial charge in [-0.15, -0.1) is 0 Å². The Labute approximate surface area is 215 Å². The molecule has 3 rings (SSSR count). The lowest BCUT2D eigenvalue weighted by atomic mass is 10.1. The lowest BCUT2D eigenvalue weighted by Crippen LogP contribution is -2.08. The van der Waals surface area contributed by atoms with Crippen LogP contribution in [0.25, 0.3) is 0 Å². The van der Waals surface area contributed by atoms with Gasteiger partial charge in [-0.1, -0.05) is 69.9 Å². The fourth-order valence-corrected chi connectivity index (χ4v) is 4.66. The van der Waals surface area contributed by atoms with Gasteiger partial charge in [0, 0.05) is 21.6 Å². The van der Waals surface area contributed by atoms with Gasteiger partial charge in [0.1, 0.15) is 0 Å². The van der Waals surface area contributed by atoms with Gasteiger partial charge in [-0.05, 0) is 71.8 Å². The van der Waals surface area contributed by atoms with Crippen molar-refractivity contribution in [2.75, 3.05) is 0 Å². The molecule has 4 N–H and O–H groups in total. The maximum atomic E-state index is 6.25. The first-order chi connectivity index (χ1) is 15.3. The van der Waals surface area contributed by atoms with Crippen molar-refractivity contribution in [3.8, 4) is 0 Å². The fourth-order valence-electron chi connectivity index (χ4n) is 2.55. The lowest BCUT2D eigenvalue weighted by molar-refractivity contribution is 1.29. The molecule has 10 heteroatoms. The number of halogens is 4. The first-order valence-electron chi connectivity index (χ1n) is 9.22. The van der Waals surface area contributed by atoms with Gasteiger partial charge in [0.2, 0.25) is 0 Å². The zero-order chi connectivity index (χ0) is 23.1. The van der Waals surface area contributed by atoms with E-state index in [-0.39, 0.29) is 0 Å². The Bertz CT molecular complexity index is 1040. The molecule has 0 saturated heterocycles. The SMILES string of the molecule is NC(=Nc1ccc(Cl)cc1)SCc1cc(Cl)c(Cl)cc1CSC(N)=Nc1ccc(Cl)cc1. The van der Waals surface area contributed by atoms with Crippen molar-refractivity contribution in [2.45, 2.75) is 11.5 Å². The lowest BCUT2D eigenvalue weighted by Gasteiger charge is -2.11. The number of hydrogen-bond donors (Lipinski definition) is 2. The Kier molecular flexibility index (Phi) is 9.46. The molecule has 0 bridgehead atoms. The third kappa shape index (κ3) is 7.80. The first-order valence-corrected chi connectivity index (χ1v) is 12.7. The number of thioether (sulfide) groups is 2. The van der Waals surface area contributed by atoms with Gasteiger partial charge < -0.3 is 11.5 Å². The second-order valence-corrected chi connectivity index (χ2v) is 10.1. The molecule has 32 heavy (non-hydrogen) atoms. The van der Waals surface area contributed by atoms with Gasteiger partial charge >= 0.3 is 0 Å². The first kappa shape index (κ1) is 25.1. The molecular formula is C22H18Cl4N4S2. The van der Waals surface area contributed by atoms with Crippen LogP contribution in [0.15, 0.2) is 70.6 Å². The van der Waals surface area contributed by atoms with Gasteiger partial charge in [-0.2, -0.15) is 0 Å². The molecular weight excluding hydrogens is 526 g/mol. The largest absolute Gasteiger partial charge is 0.378 e. The predicted molar refractivity (Wildman–Crippen MR) is 145 cm³/mol. The summed E-state index contributed by atoms with van der Waals surface area (Å²) in [6, 6.07) is 18.0. The zero-order valence-corrected chi connectivity index (χ0v) is 21.2. The summed E-state index contributed by atoms with van der Waals surface area (Å²) in [6.07, 6.45) is 0. The van der Waals surface area contributed by atoms with Crippen molar-refractivity contribution >= 4 is 91.6 Å². The fraction of sp³-hybridized carbons (Fsp3) is 0.0909. The Balaban J connectivity index is 1.69. The standard InChI is InChI=1S/C22H18Cl4N4S2/c23-15-1-5-17(6-2-15)29-21(27)31-11-13-9-19(25)20(26)10-14(13)12-32-22(28)30-18-7-3-16(24)4-8-18/h1-10H,11-12H2,(H2,27,29)(H2,28,30). The number of amidine groups is 2. The minimum atomic E-state index is 0.431. The van der Waals surface area contributed by atoms with Crippen LogP contribution in [0.4, 0.5) is 11.4 Å². The highest BCUT2D eigenvalue weighted by molar-refractivity contribution is 8.13. The highest BCUT2D eigenvalue weighted by Crippen LogP contribution is 2.31. The monoisotopic (exact) mass is 542 g/mol. The van der Waals surface area contributed by atoms with Crippen LogP contribution < -0.4 is 11.5 Å². The summed E-state index contributed by atoms with van der Waals surface area (Å²) in [5.41, 5.74) is 15.6. The Hall–Kier alpha value is -1.54. The molecule has 0 atom stereocenters. The molecule has 4 nitrogen and oxygen atoms in total. The molecule has 166 valence electrons. The van der Waals surface area contributed by atoms with Crippen LogP contribution in [0.3, 0.4) is 0 Å². The molecule has 0 unspecified atom stereocenters. The van der Waals surface area contributed by atoms with E-state index in [4.69, 9.17) is 57.9 Å². The predicted octanol–water partition coefficient (Wildman–Crippen LogP) is 8.06. The van der Waals surface area contributed by atoms with Crippen molar-refractivity contribution < 1.29 is 0 Å². The molecule has 0 radical (unpaired) electrons. The van der Waals surface area contributed by atoms with Crippen molar-refractivity contribution in [3.05, 3.63) is 91.9 Å². The number of nitrogens with two attached hydrogens (primary N) is 2. The third-order valence-electron chi connectivity index (χ3n) is 4.13. The summed E-state index contributed by atoms with van der Waals surface area (Å²) >= 11 is 27.1. The average molecular weight is 544 g/mol. The Morgan fingerprint density at radius 1 is 0.625 bits per heavy atom. The van der Waals surface area contributed by atoms with Gasteiger partial charge in [0.25, 0.3) is 0 Å². The summed E-state index contributed by atoms with van der Waals surface area (Å²) in [5, 5.41) is 3.11. The summed E-state index contributed by atoms with van der Waals surface area (Å²) in [5.74, 6) is 1.15. The van der Waals surface area contributed by atoms with Gasteiger partial charge in [-0.3, -0.25) is 0 Å². The quantitative estimate of drug-likeness (QED) is 0.243. The molecule has 0 aliphatic heterocycles. The van der Waals surface area contributed by atoms with E-state index < -0.39 is 0 Å². The minimum Gasteiger partial charge on any atom is -0.378 e. The van der Waals surface area contributed by atoms with E-state index in [1.54, 1.807) is 48.5 Å². The van der Waals surface area contributed by atoms with E-state index in [2.05, 4.69) is 9.98 Å². The summed E-state index contributed by atoms with van der Waals surface area (Å²) in [7, 11) is 0. The van der Waals surface area contributed by atoms with E-state index in [1.165, 1.54) is 23.5 Å². The van der Waals surface area contributed by atoms with E-state index in [0.29, 0.717) is 41.9 Å². The molecule has 0 amide bonds. The van der Waals surface area contributed by atoms with Crippen molar-refractivity contribution in [3.63, 3.8) is 0 Å². The third-order valence-corrected chi connectivity index (χ3v) is 7.04. The number of benzene rings is 3. The van der Waals surface area contributed by atoms with Crippen molar-refractivity contribution in [2.24, 2.45) is 21.5 Å². The van der Waals surface area contributed by atoms with E-state index in [9.17, 15) is 0 Å². The van der Waals surface area contributed by atoms with Crippen molar-refractivity contribution in [1.82, 2.24) is 0 Å². The summed E-state index contributed by atoms with van der Waals surface area (Å²) < 4.78 is 0. The Morgan fingerprint density at radius 3 is 1.31 bits per heavy atom. The molecule has 3 aromatic carbocycles. The number of nitrogens with zero attached hydrogens (tertiary/aromatic N) is 2. The number of hydrogen-bond acceptors (Lipinski definition) is 4. The highest BCUT2D eigenvalue weighted by Gasteiger charge is 2.10. The van der Waals surface area contributed by atoms with Crippen molar-refractivity contribution in [1.29, 1.82) is 0 Å². The highest BCUT2D eigenvalue weighted by atomic mass is 35.5. The second-order valence-electron chi connectivity index (χ2n) is 6.47. The molecule has 0 aliphatic carbocycles. The van der Waals surface area contributed by atoms with Crippen LogP contribution in [0, 0.1) is 0 Å². The maximum Gasteiger partial charge on any atom is 0.159 e. The van der Waals surface area contributed by atoms with Crippen LogP contribution in [0.5, 0.6) is 0 Å². The smallest absolute Gasteiger partial charge is 0.159 e. The van der Waals surface area contributed by atoms with Crippen LogP contribution in [0.2, 0.25) is 20.1 Å². The minimum absolute atomic E-state index is 0.431. The van der Waals surface area contributed by atoms with E-state index in [0.717, 1.165) is 22.5 Å². The maximum absolute atomic E-state index is 6.25. The van der Waals surface area contributed by atoms with Crippen LogP contribution in [-0.4, -0.2) is 10.3 Å². The Morgan fingerprint density at radius 2 is 0.969 bits per heavy atom. The zero-order valence-electron chi connectivity index (χ0n) is 16.6. The molecule has 3 aromatic rings. The topological polar surface area (TPSA) is 76.8 Å². The van der Waals surface area contributed by atoms with Crippen LogP contribution >= 0.6 is 69.9 Å². The molecule has 0 spiro atoms.